The molecule has 0 radical (unpaired) electrons. The highest BCUT2D eigenvalue weighted by molar-refractivity contribution is 5.88. The van der Waals surface area contributed by atoms with Crippen LogP contribution in [0.3, 0.4) is 0 Å². The molecule has 0 saturated heterocycles. The normalized spacial score (nSPS) is 10.6. The van der Waals surface area contributed by atoms with Gasteiger partial charge in [0.2, 0.25) is 5.43 Å². The number of pyridine rings is 1. The van der Waals surface area contributed by atoms with Crippen LogP contribution in [0.2, 0.25) is 0 Å². The summed E-state index contributed by atoms with van der Waals surface area (Å²) in [6.45, 7) is 1.50. The van der Waals surface area contributed by atoms with Gasteiger partial charge in [0.05, 0.1) is 6.61 Å². The zero-order valence-corrected chi connectivity index (χ0v) is 16.0. The Labute approximate surface area is 169 Å². The molecular formula is C23H23NO5. The molecule has 0 fully saturated rings. The van der Waals surface area contributed by atoms with Crippen molar-refractivity contribution in [2.75, 3.05) is 6.61 Å². The van der Waals surface area contributed by atoms with Gasteiger partial charge in [0, 0.05) is 25.4 Å². The Morgan fingerprint density at radius 1 is 0.897 bits per heavy atom. The maximum Gasteiger partial charge on any atom is 0.356 e. The van der Waals surface area contributed by atoms with Gasteiger partial charge in [-0.05, 0) is 17.5 Å². The maximum absolute atomic E-state index is 12.2. The molecule has 2 aromatic carbocycles. The third kappa shape index (κ3) is 5.80. The van der Waals surface area contributed by atoms with Crippen LogP contribution < -0.4 is 10.2 Å². The SMILES string of the molecule is O=C(O)c1c(OCc2ccccc2)c(=O)ccn1CCCOCc1ccccc1. The van der Waals surface area contributed by atoms with Crippen LogP contribution in [0.5, 0.6) is 5.75 Å². The molecule has 0 unspecified atom stereocenters. The number of nitrogens with zero attached hydrogens (tertiary/aromatic N) is 1. The van der Waals surface area contributed by atoms with Gasteiger partial charge in [-0.15, -0.1) is 0 Å². The lowest BCUT2D eigenvalue weighted by Gasteiger charge is -2.15. The second-order valence-electron chi connectivity index (χ2n) is 6.52. The summed E-state index contributed by atoms with van der Waals surface area (Å²) in [5.41, 5.74) is 1.35. The van der Waals surface area contributed by atoms with Crippen LogP contribution in [0.4, 0.5) is 0 Å². The Balaban J connectivity index is 1.63. The van der Waals surface area contributed by atoms with Crippen molar-refractivity contribution in [3.8, 4) is 5.75 Å². The van der Waals surface area contributed by atoms with Gasteiger partial charge < -0.3 is 19.1 Å². The molecule has 0 spiro atoms. The minimum atomic E-state index is -1.20. The van der Waals surface area contributed by atoms with Crippen LogP contribution in [0.25, 0.3) is 0 Å². The van der Waals surface area contributed by atoms with Crippen LogP contribution in [-0.4, -0.2) is 22.2 Å². The van der Waals surface area contributed by atoms with E-state index in [1.165, 1.54) is 16.8 Å². The molecule has 6 nitrogen and oxygen atoms in total. The molecule has 0 aliphatic rings. The van der Waals surface area contributed by atoms with E-state index in [0.717, 1.165) is 11.1 Å². The summed E-state index contributed by atoms with van der Waals surface area (Å²) in [5.74, 6) is -1.34. The number of hydrogen-bond donors (Lipinski definition) is 1. The highest BCUT2D eigenvalue weighted by Gasteiger charge is 2.19. The number of carboxylic acids is 1. The van der Waals surface area contributed by atoms with Crippen molar-refractivity contribution in [2.24, 2.45) is 0 Å². The highest BCUT2D eigenvalue weighted by Crippen LogP contribution is 2.16. The van der Waals surface area contributed by atoms with Crippen LogP contribution in [0.1, 0.15) is 28.0 Å². The molecule has 3 rings (SSSR count). The first kappa shape index (κ1) is 20.4. The topological polar surface area (TPSA) is 77.8 Å². The van der Waals surface area contributed by atoms with E-state index in [4.69, 9.17) is 9.47 Å². The Kier molecular flexibility index (Phi) is 7.19. The van der Waals surface area contributed by atoms with E-state index in [2.05, 4.69) is 0 Å². The number of benzene rings is 2. The molecule has 0 bridgehead atoms. The molecule has 0 saturated carbocycles. The summed E-state index contributed by atoms with van der Waals surface area (Å²) in [6.07, 6.45) is 2.09. The van der Waals surface area contributed by atoms with E-state index < -0.39 is 11.4 Å². The van der Waals surface area contributed by atoms with Gasteiger partial charge in [-0.25, -0.2) is 4.79 Å². The Morgan fingerprint density at radius 2 is 1.52 bits per heavy atom. The lowest BCUT2D eigenvalue weighted by atomic mass is 10.2. The molecule has 150 valence electrons. The first-order valence-corrected chi connectivity index (χ1v) is 9.40. The van der Waals surface area contributed by atoms with Gasteiger partial charge in [0.15, 0.2) is 11.4 Å². The smallest absolute Gasteiger partial charge is 0.356 e. The van der Waals surface area contributed by atoms with Crippen LogP contribution in [0.15, 0.2) is 77.7 Å². The number of aryl methyl sites for hydroxylation is 1. The zero-order chi connectivity index (χ0) is 20.5. The van der Waals surface area contributed by atoms with Gasteiger partial charge >= 0.3 is 5.97 Å². The Bertz CT molecular complexity index is 983. The number of carboxylic acid groups (broad SMARTS) is 1. The molecule has 0 atom stereocenters. The third-order valence-corrected chi connectivity index (χ3v) is 4.36. The van der Waals surface area contributed by atoms with E-state index in [1.54, 1.807) is 0 Å². The van der Waals surface area contributed by atoms with Crippen molar-refractivity contribution < 1.29 is 19.4 Å². The number of hydrogen-bond acceptors (Lipinski definition) is 4. The number of rotatable bonds is 10. The molecule has 1 N–H and O–H groups in total. The van der Waals surface area contributed by atoms with Crippen molar-refractivity contribution in [1.82, 2.24) is 4.57 Å². The van der Waals surface area contributed by atoms with Crippen molar-refractivity contribution in [2.45, 2.75) is 26.2 Å². The van der Waals surface area contributed by atoms with E-state index in [1.807, 2.05) is 60.7 Å². The first-order valence-electron chi connectivity index (χ1n) is 9.40. The standard InChI is InChI=1S/C23H23NO5/c25-20-12-14-24(13-7-15-28-16-18-8-3-1-4-9-18)21(23(26)27)22(20)29-17-19-10-5-2-6-11-19/h1-6,8-12,14H,7,13,15-17H2,(H,26,27). The van der Waals surface area contributed by atoms with E-state index >= 15 is 0 Å². The monoisotopic (exact) mass is 393 g/mol. The minimum absolute atomic E-state index is 0.126. The largest absolute Gasteiger partial charge is 0.482 e. The van der Waals surface area contributed by atoms with Gasteiger partial charge in [0.25, 0.3) is 0 Å². The predicted molar refractivity (Wildman–Crippen MR) is 109 cm³/mol. The molecule has 6 heteroatoms. The third-order valence-electron chi connectivity index (χ3n) is 4.36. The second kappa shape index (κ2) is 10.2. The van der Waals surface area contributed by atoms with E-state index in [0.29, 0.717) is 26.2 Å². The first-order chi connectivity index (χ1) is 14.1. The van der Waals surface area contributed by atoms with Crippen molar-refractivity contribution in [3.63, 3.8) is 0 Å². The van der Waals surface area contributed by atoms with Gasteiger partial charge in [-0.1, -0.05) is 60.7 Å². The van der Waals surface area contributed by atoms with Crippen LogP contribution in [0, 0.1) is 0 Å². The molecule has 3 aromatic rings. The van der Waals surface area contributed by atoms with E-state index in [-0.39, 0.29) is 18.1 Å². The number of carbonyl (C=O) groups is 1. The summed E-state index contributed by atoms with van der Waals surface area (Å²) in [4.78, 5) is 24.0. The second-order valence-corrected chi connectivity index (χ2v) is 6.52. The van der Waals surface area contributed by atoms with Gasteiger partial charge in [-0.3, -0.25) is 4.79 Å². The summed E-state index contributed by atoms with van der Waals surface area (Å²) in [6, 6.07) is 20.5. The zero-order valence-electron chi connectivity index (χ0n) is 16.0. The summed E-state index contributed by atoms with van der Waals surface area (Å²) < 4.78 is 12.8. The molecule has 29 heavy (non-hydrogen) atoms. The average molecular weight is 393 g/mol. The predicted octanol–water partition coefficient (Wildman–Crippen LogP) is 3.73. The van der Waals surface area contributed by atoms with Crippen molar-refractivity contribution in [3.05, 3.63) is 100.0 Å². The molecule has 0 amide bonds. The molecule has 0 aliphatic heterocycles. The highest BCUT2D eigenvalue weighted by atomic mass is 16.5. The minimum Gasteiger partial charge on any atom is -0.482 e. The van der Waals surface area contributed by atoms with E-state index in [9.17, 15) is 14.7 Å². The van der Waals surface area contributed by atoms with Crippen molar-refractivity contribution >= 4 is 5.97 Å². The van der Waals surface area contributed by atoms with Crippen LogP contribution in [-0.2, 0) is 24.5 Å². The molecule has 0 aliphatic carbocycles. The molecule has 1 heterocycles. The molecule has 1 aromatic heterocycles. The lowest BCUT2D eigenvalue weighted by Crippen LogP contribution is -2.21. The summed E-state index contributed by atoms with van der Waals surface area (Å²) >= 11 is 0. The van der Waals surface area contributed by atoms with Crippen molar-refractivity contribution in [1.29, 1.82) is 0 Å². The molecular weight excluding hydrogens is 370 g/mol. The van der Waals surface area contributed by atoms with Crippen LogP contribution >= 0.6 is 0 Å². The summed E-state index contributed by atoms with van der Waals surface area (Å²) in [7, 11) is 0. The maximum atomic E-state index is 12.2. The summed E-state index contributed by atoms with van der Waals surface area (Å²) in [5, 5.41) is 9.65. The fourth-order valence-corrected chi connectivity index (χ4v) is 2.93. The van der Waals surface area contributed by atoms with Gasteiger partial charge in [0.1, 0.15) is 6.61 Å². The lowest BCUT2D eigenvalue weighted by molar-refractivity contribution is 0.0674. The average Bonchev–Trinajstić information content (AvgIpc) is 2.74. The number of ether oxygens (including phenoxy) is 2. The fraction of sp³-hybridized carbons (Fsp3) is 0.217. The quantitative estimate of drug-likeness (QED) is 0.531. The Hall–Kier alpha value is -3.38. The Morgan fingerprint density at radius 3 is 2.14 bits per heavy atom. The fourth-order valence-electron chi connectivity index (χ4n) is 2.93. The number of aromatic nitrogens is 1. The number of aromatic carboxylic acids is 1. The van der Waals surface area contributed by atoms with Gasteiger partial charge in [-0.2, -0.15) is 0 Å².